The van der Waals surface area contributed by atoms with E-state index in [0.29, 0.717) is 49.4 Å². The number of carbonyl (C=O) groups excluding carboxylic acids is 4. The Bertz CT molecular complexity index is 1480. The molecule has 0 saturated carbocycles. The molecule has 2 saturated heterocycles. The molecule has 3 aliphatic heterocycles. The summed E-state index contributed by atoms with van der Waals surface area (Å²) in [4.78, 5) is 69.2. The van der Waals surface area contributed by atoms with E-state index >= 15 is 0 Å². The van der Waals surface area contributed by atoms with Gasteiger partial charge in [0.25, 0.3) is 5.91 Å². The second-order valence-corrected chi connectivity index (χ2v) is 17.0. The zero-order valence-corrected chi connectivity index (χ0v) is 28.5. The Kier molecular flexibility index (Phi) is 10.4. The number of aliphatic hydroxyl groups excluding tert-OH is 1. The number of esters is 1. The monoisotopic (exact) mass is 667 g/mol. The van der Waals surface area contributed by atoms with E-state index in [-0.39, 0.29) is 50.4 Å². The molecule has 2 N–H and O–H groups in total. The van der Waals surface area contributed by atoms with Crippen molar-refractivity contribution in [1.29, 1.82) is 0 Å². The van der Waals surface area contributed by atoms with E-state index in [1.807, 2.05) is 37.3 Å². The van der Waals surface area contributed by atoms with Gasteiger partial charge in [0.15, 0.2) is 13.9 Å². The summed E-state index contributed by atoms with van der Waals surface area (Å²) >= 11 is 0. The summed E-state index contributed by atoms with van der Waals surface area (Å²) < 4.78 is 16.8. The lowest BCUT2D eigenvalue weighted by Crippen LogP contribution is -2.46. The van der Waals surface area contributed by atoms with Crippen LogP contribution in [0.1, 0.15) is 43.7 Å². The van der Waals surface area contributed by atoms with Gasteiger partial charge >= 0.3 is 12.1 Å². The first-order chi connectivity index (χ1) is 22.4. The van der Waals surface area contributed by atoms with Crippen LogP contribution in [0.3, 0.4) is 0 Å². The average molecular weight is 668 g/mol. The first-order valence-electron chi connectivity index (χ1n) is 16.2. The van der Waals surface area contributed by atoms with Crippen molar-refractivity contribution in [1.82, 2.24) is 4.90 Å². The van der Waals surface area contributed by atoms with Crippen LogP contribution in [0.4, 0.5) is 16.2 Å². The highest BCUT2D eigenvalue weighted by atomic mass is 28.4. The molecular formula is C34H45N3O9Si. The normalized spacial score (nSPS) is 23.7. The van der Waals surface area contributed by atoms with Crippen LogP contribution in [0.15, 0.2) is 48.5 Å². The number of cyclic esters (lactones) is 1. The lowest BCUT2D eigenvalue weighted by molar-refractivity contribution is -0.149. The molecule has 0 radical (unpaired) electrons. The minimum absolute atomic E-state index is 0.0829. The number of nitrogens with zero attached hydrogens (tertiary/aromatic N) is 3. The number of anilines is 2. The number of hydrogen-bond acceptors (Lipinski definition) is 9. The average Bonchev–Trinajstić information content (AvgIpc) is 3.67. The fourth-order valence-electron chi connectivity index (χ4n) is 7.44. The molecule has 1 spiro atoms. The van der Waals surface area contributed by atoms with E-state index < -0.39 is 37.6 Å². The standard InChI is InChI=1S/C34H45N3O9Si/c1-23-31(47(3,4)43)28(21-29(39)35(16-18-38)22-24-10-6-5-7-11-24)46-34(23)26-20-25(36-17-19-45-33(36)42)13-14-27(26)37(32(34)41)15-9-8-12-30(40)44-2/h5-7,10-11,13-14,20,23,28,31,38,43H,8-9,12,15-19,21-22H2,1-4H3/t23-,28+,31-,34+/m0/s1. The third-order valence-corrected chi connectivity index (χ3v) is 12.1. The Morgan fingerprint density at radius 2 is 1.87 bits per heavy atom. The van der Waals surface area contributed by atoms with E-state index in [0.717, 1.165) is 5.56 Å². The molecule has 0 unspecified atom stereocenters. The van der Waals surface area contributed by atoms with Gasteiger partial charge in [0.1, 0.15) is 6.61 Å². The van der Waals surface area contributed by atoms with Gasteiger partial charge in [-0.3, -0.25) is 19.3 Å². The molecule has 3 amide bonds. The zero-order valence-electron chi connectivity index (χ0n) is 27.5. The second-order valence-electron chi connectivity index (χ2n) is 13.0. The SMILES string of the molecule is COC(=O)CCCCN1C(=O)[C@]2(O[C@H](CC(=O)N(CCO)Cc3ccccc3)[C@@H]([Si](C)(C)O)[C@@H]2C)c2cc(N3CCOC3=O)ccc21. The van der Waals surface area contributed by atoms with Crippen LogP contribution >= 0.6 is 0 Å². The lowest BCUT2D eigenvalue weighted by atomic mass is 9.82. The Morgan fingerprint density at radius 3 is 2.51 bits per heavy atom. The Balaban J connectivity index is 1.50. The molecule has 13 heteroatoms. The van der Waals surface area contributed by atoms with Crippen LogP contribution in [-0.2, 0) is 40.7 Å². The van der Waals surface area contributed by atoms with E-state index in [9.17, 15) is 29.1 Å². The van der Waals surface area contributed by atoms with Crippen molar-refractivity contribution in [2.24, 2.45) is 5.92 Å². The summed E-state index contributed by atoms with van der Waals surface area (Å²) in [6.45, 7) is 6.64. The fourth-order valence-corrected chi connectivity index (χ4v) is 10.00. The predicted molar refractivity (Wildman–Crippen MR) is 176 cm³/mol. The minimum Gasteiger partial charge on any atom is -0.469 e. The Morgan fingerprint density at radius 1 is 1.13 bits per heavy atom. The maximum Gasteiger partial charge on any atom is 0.414 e. The van der Waals surface area contributed by atoms with Crippen molar-refractivity contribution in [3.05, 3.63) is 59.7 Å². The van der Waals surface area contributed by atoms with Gasteiger partial charge in [-0.15, -0.1) is 0 Å². The molecular weight excluding hydrogens is 622 g/mol. The number of hydrogen-bond donors (Lipinski definition) is 2. The van der Waals surface area contributed by atoms with Gasteiger partial charge in [0.05, 0.1) is 38.5 Å². The first-order valence-corrected chi connectivity index (χ1v) is 19.2. The molecule has 2 fully saturated rings. The van der Waals surface area contributed by atoms with Crippen molar-refractivity contribution in [2.45, 2.75) is 69.5 Å². The molecule has 0 bridgehead atoms. The summed E-state index contributed by atoms with van der Waals surface area (Å²) in [7, 11) is -1.72. The largest absolute Gasteiger partial charge is 0.469 e. The van der Waals surface area contributed by atoms with Gasteiger partial charge in [-0.05, 0) is 49.7 Å². The zero-order chi connectivity index (χ0) is 33.9. The van der Waals surface area contributed by atoms with E-state index in [1.165, 1.54) is 12.0 Å². The highest BCUT2D eigenvalue weighted by Crippen LogP contribution is 2.60. The third-order valence-electron chi connectivity index (χ3n) is 9.59. The van der Waals surface area contributed by atoms with Crippen LogP contribution in [-0.4, -0.2) is 93.1 Å². The number of unbranched alkanes of at least 4 members (excludes halogenated alkanes) is 1. The summed E-state index contributed by atoms with van der Waals surface area (Å²) in [5.74, 6) is -1.38. The van der Waals surface area contributed by atoms with Crippen molar-refractivity contribution >= 4 is 43.6 Å². The molecule has 5 rings (SSSR count). The predicted octanol–water partition coefficient (Wildman–Crippen LogP) is 3.54. The fraction of sp³-hybridized carbons (Fsp3) is 0.529. The van der Waals surface area contributed by atoms with Gasteiger partial charge in [-0.1, -0.05) is 37.3 Å². The maximum absolute atomic E-state index is 14.7. The van der Waals surface area contributed by atoms with Crippen LogP contribution in [0, 0.1) is 5.92 Å². The molecule has 12 nitrogen and oxygen atoms in total. The molecule has 2 aromatic rings. The van der Waals surface area contributed by atoms with Crippen molar-refractivity contribution in [3.63, 3.8) is 0 Å². The van der Waals surface area contributed by atoms with Crippen molar-refractivity contribution in [2.75, 3.05) is 49.8 Å². The molecule has 4 atom stereocenters. The summed E-state index contributed by atoms with van der Waals surface area (Å²) in [5.41, 5.74) is 0.683. The molecule has 3 heterocycles. The first kappa shape index (κ1) is 34.5. The number of aliphatic hydroxyl groups is 1. The lowest BCUT2D eigenvalue weighted by Gasteiger charge is -2.33. The third kappa shape index (κ3) is 6.80. The smallest absolute Gasteiger partial charge is 0.414 e. The van der Waals surface area contributed by atoms with E-state index in [4.69, 9.17) is 14.2 Å². The summed E-state index contributed by atoms with van der Waals surface area (Å²) in [5, 5.41) is 9.79. The minimum atomic E-state index is -3.06. The van der Waals surface area contributed by atoms with E-state index in [2.05, 4.69) is 0 Å². The van der Waals surface area contributed by atoms with Crippen LogP contribution in [0.2, 0.25) is 18.6 Å². The highest BCUT2D eigenvalue weighted by Gasteiger charge is 2.66. The number of amides is 3. The van der Waals surface area contributed by atoms with Gasteiger partial charge < -0.3 is 33.9 Å². The molecule has 47 heavy (non-hydrogen) atoms. The van der Waals surface area contributed by atoms with Gasteiger partial charge in [0.2, 0.25) is 5.91 Å². The highest BCUT2D eigenvalue weighted by molar-refractivity contribution is 6.71. The molecule has 3 aliphatic rings. The summed E-state index contributed by atoms with van der Waals surface area (Å²) in [6.07, 6.45) is -0.0602. The number of ether oxygens (including phenoxy) is 3. The summed E-state index contributed by atoms with van der Waals surface area (Å²) in [6, 6.07) is 14.9. The molecule has 254 valence electrons. The van der Waals surface area contributed by atoms with Crippen LogP contribution in [0.25, 0.3) is 0 Å². The number of fused-ring (bicyclic) bond motifs is 2. The molecule has 2 aromatic carbocycles. The van der Waals surface area contributed by atoms with Crippen molar-refractivity contribution < 1.29 is 43.3 Å². The Hall–Kier alpha value is -3.78. The number of methoxy groups -OCH3 is 1. The number of benzene rings is 2. The molecule has 0 aliphatic carbocycles. The Labute approximate surface area is 276 Å². The van der Waals surface area contributed by atoms with Gasteiger partial charge in [-0.25, -0.2) is 4.79 Å². The molecule has 0 aromatic heterocycles. The van der Waals surface area contributed by atoms with Crippen LogP contribution in [0.5, 0.6) is 0 Å². The van der Waals surface area contributed by atoms with E-state index in [1.54, 1.807) is 41.1 Å². The quantitative estimate of drug-likeness (QED) is 0.186. The van der Waals surface area contributed by atoms with Gasteiger partial charge in [-0.2, -0.15) is 0 Å². The number of carbonyl (C=O) groups is 4. The topological polar surface area (TPSA) is 146 Å². The van der Waals surface area contributed by atoms with Gasteiger partial charge in [0, 0.05) is 48.8 Å². The second kappa shape index (κ2) is 14.1. The van der Waals surface area contributed by atoms with Crippen molar-refractivity contribution in [3.8, 4) is 0 Å². The number of rotatable bonds is 13. The van der Waals surface area contributed by atoms with Crippen LogP contribution < -0.4 is 9.80 Å². The maximum atomic E-state index is 14.7.